The van der Waals surface area contributed by atoms with Gasteiger partial charge in [0.2, 0.25) is 10.3 Å². The van der Waals surface area contributed by atoms with Crippen LogP contribution < -0.4 is 10.6 Å². The lowest BCUT2D eigenvalue weighted by molar-refractivity contribution is -0.402. The summed E-state index contributed by atoms with van der Waals surface area (Å²) < 4.78 is 4.85. The first-order valence-electron chi connectivity index (χ1n) is 9.73. The van der Waals surface area contributed by atoms with Gasteiger partial charge in [-0.1, -0.05) is 69.6 Å². The van der Waals surface area contributed by atoms with E-state index in [0.717, 1.165) is 19.0 Å². The third-order valence-electron chi connectivity index (χ3n) is 4.20. The third-order valence-corrected chi connectivity index (χ3v) is 4.99. The van der Waals surface area contributed by atoms with Gasteiger partial charge in [0.05, 0.1) is 6.07 Å². The first-order chi connectivity index (χ1) is 13.6. The zero-order valence-corrected chi connectivity index (χ0v) is 16.9. The van der Waals surface area contributed by atoms with E-state index in [1.165, 1.54) is 68.8 Å². The van der Waals surface area contributed by atoms with E-state index in [1.54, 1.807) is 0 Å². The van der Waals surface area contributed by atoms with Crippen molar-refractivity contribution in [2.75, 3.05) is 17.2 Å². The number of anilines is 2. The van der Waals surface area contributed by atoms with Crippen molar-refractivity contribution in [2.45, 2.75) is 64.7 Å². The van der Waals surface area contributed by atoms with Gasteiger partial charge < -0.3 is 9.73 Å². The number of furan rings is 1. The average Bonchev–Trinajstić information content (AvgIpc) is 3.33. The Morgan fingerprint density at radius 3 is 2.36 bits per heavy atom. The Hall–Kier alpha value is -2.49. The summed E-state index contributed by atoms with van der Waals surface area (Å²) in [6.45, 7) is 3.04. The van der Waals surface area contributed by atoms with Crippen LogP contribution in [-0.2, 0) is 0 Å². The van der Waals surface area contributed by atoms with Gasteiger partial charge in [-0.3, -0.25) is 20.2 Å². The maximum Gasteiger partial charge on any atom is 0.433 e. The van der Waals surface area contributed by atoms with Gasteiger partial charge in [0.15, 0.2) is 5.76 Å². The highest BCUT2D eigenvalue weighted by atomic mass is 32.1. The van der Waals surface area contributed by atoms with Gasteiger partial charge in [-0.2, -0.15) is 0 Å². The van der Waals surface area contributed by atoms with E-state index in [1.807, 2.05) is 0 Å². The summed E-state index contributed by atoms with van der Waals surface area (Å²) in [4.78, 5) is 21.9. The molecule has 0 radical (unpaired) electrons. The van der Waals surface area contributed by atoms with E-state index in [4.69, 9.17) is 4.42 Å². The van der Waals surface area contributed by atoms with Crippen molar-refractivity contribution >= 4 is 33.4 Å². The Morgan fingerprint density at radius 1 is 1.07 bits per heavy atom. The quantitative estimate of drug-likeness (QED) is 0.248. The van der Waals surface area contributed by atoms with Gasteiger partial charge in [-0.25, -0.2) is 0 Å². The van der Waals surface area contributed by atoms with Crippen molar-refractivity contribution in [1.82, 2.24) is 10.2 Å². The van der Waals surface area contributed by atoms with Gasteiger partial charge in [0, 0.05) is 6.54 Å². The molecule has 0 aliphatic carbocycles. The van der Waals surface area contributed by atoms with E-state index in [-0.39, 0.29) is 5.76 Å². The average molecular weight is 410 g/mol. The minimum absolute atomic E-state index is 0.147. The fourth-order valence-corrected chi connectivity index (χ4v) is 3.35. The second kappa shape index (κ2) is 12.1. The number of nitrogens with one attached hydrogen (secondary N) is 2. The lowest BCUT2D eigenvalue weighted by atomic mass is 10.1. The van der Waals surface area contributed by atoms with Crippen LogP contribution in [0.5, 0.6) is 0 Å². The fourth-order valence-electron chi connectivity index (χ4n) is 2.68. The highest BCUT2D eigenvalue weighted by molar-refractivity contribution is 7.19. The molecule has 2 rings (SSSR count). The number of rotatable bonds is 14. The van der Waals surface area contributed by atoms with Crippen LogP contribution in [0.2, 0.25) is 0 Å². The molecule has 0 fully saturated rings. The van der Waals surface area contributed by atoms with Crippen LogP contribution in [0.4, 0.5) is 16.1 Å². The zero-order chi connectivity index (χ0) is 20.2. The van der Waals surface area contributed by atoms with E-state index >= 15 is 0 Å². The summed E-state index contributed by atoms with van der Waals surface area (Å²) in [7, 11) is 0. The van der Waals surface area contributed by atoms with E-state index in [2.05, 4.69) is 27.8 Å². The minimum atomic E-state index is -0.698. The number of carbonyl (C=O) groups is 1. The molecule has 10 heteroatoms. The van der Waals surface area contributed by atoms with E-state index < -0.39 is 16.7 Å². The lowest BCUT2D eigenvalue weighted by Gasteiger charge is -2.03. The van der Waals surface area contributed by atoms with Gasteiger partial charge in [0.25, 0.3) is 5.91 Å². The monoisotopic (exact) mass is 409 g/mol. The van der Waals surface area contributed by atoms with Crippen LogP contribution in [0.1, 0.15) is 75.3 Å². The number of unbranched alkanes of at least 4 members (excludes halogenated alkanes) is 8. The normalized spacial score (nSPS) is 10.8. The zero-order valence-electron chi connectivity index (χ0n) is 16.1. The molecular weight excluding hydrogens is 382 g/mol. The molecule has 2 aromatic rings. The van der Waals surface area contributed by atoms with Gasteiger partial charge >= 0.3 is 5.88 Å². The minimum Gasteiger partial charge on any atom is -0.395 e. The second-order valence-electron chi connectivity index (χ2n) is 6.52. The Labute approximate surface area is 168 Å². The van der Waals surface area contributed by atoms with Gasteiger partial charge in [-0.05, 0) is 12.5 Å². The first-order valence-corrected chi connectivity index (χ1v) is 10.5. The van der Waals surface area contributed by atoms with Gasteiger partial charge in [-0.15, -0.1) is 10.2 Å². The lowest BCUT2D eigenvalue weighted by Crippen LogP contribution is -2.10. The standard InChI is InChI=1S/C18H27N5O4S/c1-2-3-4-5-6-7-8-9-10-13-19-17-21-22-18(28-17)20-16(24)14-11-12-15(27-14)23(25)26/h11-12H,2-10,13H2,1H3,(H,19,21)(H,20,22,24). The molecule has 1 amide bonds. The molecule has 2 aromatic heterocycles. The van der Waals surface area contributed by atoms with Crippen LogP contribution in [0.25, 0.3) is 0 Å². The summed E-state index contributed by atoms with van der Waals surface area (Å²) in [5.74, 6) is -1.23. The van der Waals surface area contributed by atoms with E-state index in [0.29, 0.717) is 10.3 Å². The number of aromatic nitrogens is 2. The van der Waals surface area contributed by atoms with Crippen molar-refractivity contribution in [2.24, 2.45) is 0 Å². The fraction of sp³-hybridized carbons (Fsp3) is 0.611. The Bertz CT molecular complexity index is 746. The van der Waals surface area contributed by atoms with Crippen molar-refractivity contribution in [3.05, 3.63) is 28.0 Å². The number of nitrogens with zero attached hydrogens (tertiary/aromatic N) is 3. The molecule has 0 aromatic carbocycles. The molecule has 0 saturated carbocycles. The van der Waals surface area contributed by atoms with Crippen molar-refractivity contribution in [3.63, 3.8) is 0 Å². The number of nitro groups is 1. The summed E-state index contributed by atoms with van der Waals surface area (Å²) in [5, 5.41) is 25.1. The smallest absolute Gasteiger partial charge is 0.395 e. The predicted octanol–water partition coefficient (Wildman–Crippen LogP) is 5.23. The molecule has 0 aliphatic rings. The number of carbonyl (C=O) groups excluding carboxylic acids is 1. The molecule has 28 heavy (non-hydrogen) atoms. The first kappa shape index (κ1) is 21.8. The summed E-state index contributed by atoms with van der Waals surface area (Å²) >= 11 is 1.21. The topological polar surface area (TPSA) is 123 Å². The molecule has 0 bridgehead atoms. The number of hydrogen-bond acceptors (Lipinski definition) is 8. The highest BCUT2D eigenvalue weighted by Gasteiger charge is 2.18. The van der Waals surface area contributed by atoms with Crippen molar-refractivity contribution < 1.29 is 14.1 Å². The third kappa shape index (κ3) is 7.63. The van der Waals surface area contributed by atoms with Crippen LogP contribution >= 0.6 is 11.3 Å². The molecule has 154 valence electrons. The van der Waals surface area contributed by atoms with Crippen molar-refractivity contribution in [3.8, 4) is 0 Å². The molecule has 2 N–H and O–H groups in total. The van der Waals surface area contributed by atoms with Crippen molar-refractivity contribution in [1.29, 1.82) is 0 Å². The van der Waals surface area contributed by atoms with Crippen LogP contribution in [0, 0.1) is 10.1 Å². The molecule has 9 nitrogen and oxygen atoms in total. The van der Waals surface area contributed by atoms with Crippen LogP contribution in [0.15, 0.2) is 16.5 Å². The van der Waals surface area contributed by atoms with Crippen LogP contribution in [0.3, 0.4) is 0 Å². The molecule has 2 heterocycles. The summed E-state index contributed by atoms with van der Waals surface area (Å²) in [5.41, 5.74) is 0. The molecule has 0 atom stereocenters. The largest absolute Gasteiger partial charge is 0.433 e. The number of hydrogen-bond donors (Lipinski definition) is 2. The Kier molecular flexibility index (Phi) is 9.40. The van der Waals surface area contributed by atoms with E-state index in [9.17, 15) is 14.9 Å². The molecule has 0 unspecified atom stereocenters. The predicted molar refractivity (Wildman–Crippen MR) is 109 cm³/mol. The Balaban J connectivity index is 1.60. The molecule has 0 saturated heterocycles. The Morgan fingerprint density at radius 2 is 1.71 bits per heavy atom. The highest BCUT2D eigenvalue weighted by Crippen LogP contribution is 2.22. The summed E-state index contributed by atoms with van der Waals surface area (Å²) in [6, 6.07) is 2.38. The molecule has 0 spiro atoms. The molecule has 0 aliphatic heterocycles. The number of amides is 1. The van der Waals surface area contributed by atoms with Gasteiger partial charge in [0.1, 0.15) is 4.92 Å². The second-order valence-corrected chi connectivity index (χ2v) is 7.49. The maximum absolute atomic E-state index is 12.0. The van der Waals surface area contributed by atoms with Crippen LogP contribution in [-0.4, -0.2) is 27.6 Å². The molecular formula is C18H27N5O4S. The maximum atomic E-state index is 12.0. The summed E-state index contributed by atoms with van der Waals surface area (Å²) in [6.07, 6.45) is 11.4. The SMILES string of the molecule is CCCCCCCCCCCNc1nnc(NC(=O)c2ccc([N+](=O)[O-])o2)s1.